The number of carbonyl (C=O) groups excluding carboxylic acids is 1. The number of hydrogen-bond acceptors (Lipinski definition) is 6. The molecule has 0 radical (unpaired) electrons. The number of benzene rings is 1. The topological polar surface area (TPSA) is 106 Å². The molecule has 0 bridgehead atoms. The maximum atomic E-state index is 14.4. The number of halogens is 2. The largest absolute Gasteiger partial charge is 0.381 e. The Bertz CT molecular complexity index is 1330. The summed E-state index contributed by atoms with van der Waals surface area (Å²) in [6.45, 7) is 3.72. The third-order valence-corrected chi connectivity index (χ3v) is 7.74. The lowest BCUT2D eigenvalue weighted by atomic mass is 10.00. The highest BCUT2D eigenvalue weighted by Gasteiger charge is 2.33. The number of amides is 1. The van der Waals surface area contributed by atoms with Gasteiger partial charge in [-0.25, -0.2) is 18.4 Å². The number of hydrogen-bond donors (Lipinski definition) is 1. The summed E-state index contributed by atoms with van der Waals surface area (Å²) in [5, 5.41) is 2.48. The molecule has 1 saturated heterocycles. The number of rotatable bonds is 7. The highest BCUT2D eigenvalue weighted by atomic mass is 32.2. The van der Waals surface area contributed by atoms with Gasteiger partial charge in [-0.3, -0.25) is 9.10 Å². The SMILES string of the molecule is CC(=O)Nc1ccc(S(=O)(=O)N(C)c2ccc3c(c2)nc(C(C)(F)F)n3CC2CCOCC2)cn1. The fourth-order valence-corrected chi connectivity index (χ4v) is 5.24. The number of imidazole rings is 1. The van der Waals surface area contributed by atoms with Crippen LogP contribution in [0.4, 0.5) is 20.3 Å². The lowest BCUT2D eigenvalue weighted by Gasteiger charge is -2.24. The molecule has 0 aliphatic carbocycles. The van der Waals surface area contributed by atoms with E-state index in [4.69, 9.17) is 4.74 Å². The summed E-state index contributed by atoms with van der Waals surface area (Å²) in [5.74, 6) is -3.42. The van der Waals surface area contributed by atoms with Crippen molar-refractivity contribution in [2.45, 2.75) is 44.1 Å². The van der Waals surface area contributed by atoms with Gasteiger partial charge in [-0.15, -0.1) is 0 Å². The van der Waals surface area contributed by atoms with Crippen LogP contribution in [-0.4, -0.2) is 49.1 Å². The third-order valence-electron chi connectivity index (χ3n) is 5.97. The third kappa shape index (κ3) is 5.27. The van der Waals surface area contributed by atoms with Gasteiger partial charge in [0, 0.05) is 46.9 Å². The van der Waals surface area contributed by atoms with Crippen LogP contribution in [0.3, 0.4) is 0 Å². The first kappa shape index (κ1) is 25.0. The standard InChI is InChI=1S/C23H27F2N5O4S/c1-15(31)27-21-7-5-18(13-26-21)35(32,33)29(3)17-4-6-20-19(12-17)28-22(23(2,24)25)30(20)14-16-8-10-34-11-9-16/h4-7,12-13,16H,8-11,14H2,1-3H3,(H,26,27,31). The molecule has 4 rings (SSSR count). The fraction of sp³-hybridized carbons (Fsp3) is 0.435. The molecule has 1 aliphatic rings. The summed E-state index contributed by atoms with van der Waals surface area (Å²) in [7, 11) is -2.63. The molecule has 1 amide bonds. The van der Waals surface area contributed by atoms with Gasteiger partial charge in [-0.2, -0.15) is 8.78 Å². The molecule has 12 heteroatoms. The van der Waals surface area contributed by atoms with Crippen LogP contribution in [0.1, 0.15) is 32.5 Å². The van der Waals surface area contributed by atoms with Crippen LogP contribution in [0.25, 0.3) is 11.0 Å². The molecule has 0 atom stereocenters. The predicted molar refractivity (Wildman–Crippen MR) is 127 cm³/mol. The van der Waals surface area contributed by atoms with Crippen LogP contribution in [0.15, 0.2) is 41.4 Å². The second-order valence-corrected chi connectivity index (χ2v) is 10.7. The van der Waals surface area contributed by atoms with Gasteiger partial charge in [0.1, 0.15) is 10.7 Å². The summed E-state index contributed by atoms with van der Waals surface area (Å²) in [6, 6.07) is 7.40. The molecule has 188 valence electrons. The van der Waals surface area contributed by atoms with Crippen LogP contribution in [0.5, 0.6) is 0 Å². The van der Waals surface area contributed by atoms with Gasteiger partial charge >= 0.3 is 5.92 Å². The molecule has 1 fully saturated rings. The van der Waals surface area contributed by atoms with Crippen molar-refractivity contribution in [1.29, 1.82) is 0 Å². The summed E-state index contributed by atoms with van der Waals surface area (Å²) < 4.78 is 63.1. The molecule has 2 aromatic heterocycles. The second kappa shape index (κ2) is 9.50. The van der Waals surface area contributed by atoms with Gasteiger partial charge in [0.25, 0.3) is 10.0 Å². The molecular weight excluding hydrogens is 480 g/mol. The highest BCUT2D eigenvalue weighted by Crippen LogP contribution is 2.34. The molecule has 3 aromatic rings. The molecule has 0 saturated carbocycles. The molecule has 9 nitrogen and oxygen atoms in total. The Morgan fingerprint density at radius 1 is 1.26 bits per heavy atom. The van der Waals surface area contributed by atoms with Crippen molar-refractivity contribution in [3.63, 3.8) is 0 Å². The number of nitrogens with one attached hydrogen (secondary N) is 1. The zero-order chi connectivity index (χ0) is 25.4. The van der Waals surface area contributed by atoms with Crippen molar-refractivity contribution < 1.29 is 26.7 Å². The first-order chi connectivity index (χ1) is 16.5. The number of sulfonamides is 1. The molecule has 0 spiro atoms. The predicted octanol–water partition coefficient (Wildman–Crippen LogP) is 3.75. The van der Waals surface area contributed by atoms with Gasteiger partial charge in [0.2, 0.25) is 5.91 Å². The number of pyridine rings is 1. The van der Waals surface area contributed by atoms with E-state index in [0.29, 0.717) is 25.3 Å². The average Bonchev–Trinajstić information content (AvgIpc) is 3.17. The van der Waals surface area contributed by atoms with E-state index in [1.807, 2.05) is 0 Å². The van der Waals surface area contributed by atoms with Crippen LogP contribution < -0.4 is 9.62 Å². The van der Waals surface area contributed by atoms with Crippen LogP contribution >= 0.6 is 0 Å². The van der Waals surface area contributed by atoms with Crippen molar-refractivity contribution in [2.24, 2.45) is 5.92 Å². The first-order valence-corrected chi connectivity index (χ1v) is 12.6. The zero-order valence-electron chi connectivity index (χ0n) is 19.7. The van der Waals surface area contributed by atoms with Crippen molar-refractivity contribution >= 4 is 38.5 Å². The molecule has 1 N–H and O–H groups in total. The molecular formula is C23H27F2N5O4S. The summed E-state index contributed by atoms with van der Waals surface area (Å²) in [4.78, 5) is 19.2. The maximum absolute atomic E-state index is 14.4. The number of nitrogens with zero attached hydrogens (tertiary/aromatic N) is 4. The van der Waals surface area contributed by atoms with E-state index < -0.39 is 15.9 Å². The van der Waals surface area contributed by atoms with E-state index in [-0.39, 0.29) is 39.6 Å². The number of aromatic nitrogens is 3. The quantitative estimate of drug-likeness (QED) is 0.522. The number of carbonyl (C=O) groups is 1. The smallest absolute Gasteiger partial charge is 0.302 e. The Morgan fingerprint density at radius 2 is 1.97 bits per heavy atom. The summed E-state index contributed by atoms with van der Waals surface area (Å²) >= 11 is 0. The molecule has 3 heterocycles. The van der Waals surface area contributed by atoms with E-state index >= 15 is 0 Å². The van der Waals surface area contributed by atoms with Gasteiger partial charge in [0.15, 0.2) is 5.82 Å². The molecule has 0 unspecified atom stereocenters. The van der Waals surface area contributed by atoms with E-state index in [2.05, 4.69) is 15.3 Å². The Hall–Kier alpha value is -3.12. The lowest BCUT2D eigenvalue weighted by molar-refractivity contribution is -0.114. The van der Waals surface area contributed by atoms with Crippen molar-refractivity contribution in [3.05, 3.63) is 42.4 Å². The zero-order valence-corrected chi connectivity index (χ0v) is 20.5. The van der Waals surface area contributed by atoms with E-state index in [0.717, 1.165) is 30.3 Å². The Morgan fingerprint density at radius 3 is 2.57 bits per heavy atom. The number of fused-ring (bicyclic) bond motifs is 1. The Labute approximate surface area is 202 Å². The lowest BCUT2D eigenvalue weighted by Crippen LogP contribution is -2.26. The average molecular weight is 508 g/mol. The minimum atomic E-state index is -4.00. The van der Waals surface area contributed by atoms with Crippen LogP contribution in [0.2, 0.25) is 0 Å². The number of anilines is 2. The summed E-state index contributed by atoms with van der Waals surface area (Å²) in [6.07, 6.45) is 2.71. The number of alkyl halides is 2. The van der Waals surface area contributed by atoms with Crippen molar-refractivity contribution in [3.8, 4) is 0 Å². The Balaban J connectivity index is 1.67. The van der Waals surface area contributed by atoms with Gasteiger partial charge < -0.3 is 14.6 Å². The van der Waals surface area contributed by atoms with Crippen molar-refractivity contribution in [1.82, 2.24) is 14.5 Å². The van der Waals surface area contributed by atoms with Gasteiger partial charge in [-0.1, -0.05) is 0 Å². The van der Waals surface area contributed by atoms with Gasteiger partial charge in [0.05, 0.1) is 16.7 Å². The van der Waals surface area contributed by atoms with Gasteiger partial charge in [-0.05, 0) is 49.1 Å². The highest BCUT2D eigenvalue weighted by molar-refractivity contribution is 7.92. The molecule has 35 heavy (non-hydrogen) atoms. The summed E-state index contributed by atoms with van der Waals surface area (Å²) in [5.41, 5.74) is 1.07. The minimum absolute atomic E-state index is 0.0833. The fourth-order valence-electron chi connectivity index (χ4n) is 4.11. The number of ether oxygens (including phenoxy) is 1. The molecule has 1 aliphatic heterocycles. The second-order valence-electron chi connectivity index (χ2n) is 8.70. The van der Waals surface area contributed by atoms with Crippen molar-refractivity contribution in [2.75, 3.05) is 29.9 Å². The maximum Gasteiger partial charge on any atom is 0.302 e. The van der Waals surface area contributed by atoms with E-state index in [9.17, 15) is 22.0 Å². The van der Waals surface area contributed by atoms with Crippen LogP contribution in [-0.2, 0) is 32.0 Å². The van der Waals surface area contributed by atoms with Crippen LogP contribution in [0, 0.1) is 5.92 Å². The monoisotopic (exact) mass is 507 g/mol. The first-order valence-electron chi connectivity index (χ1n) is 11.2. The minimum Gasteiger partial charge on any atom is -0.381 e. The van der Waals surface area contributed by atoms with E-state index in [1.54, 1.807) is 12.1 Å². The van der Waals surface area contributed by atoms with E-state index in [1.165, 1.54) is 36.7 Å². The normalized spacial score (nSPS) is 15.3. The molecule has 1 aromatic carbocycles. The Kier molecular flexibility index (Phi) is 6.78.